The molecule has 0 aliphatic heterocycles. The molecule has 1 rings (SSSR count). The molecule has 0 amide bonds. The second kappa shape index (κ2) is 2.46. The summed E-state index contributed by atoms with van der Waals surface area (Å²) in [5.41, 5.74) is -0.247. The second-order valence-corrected chi connectivity index (χ2v) is 3.02. The zero-order chi connectivity index (χ0) is 7.61. The first-order valence-electron chi connectivity index (χ1n) is 3.31. The third kappa shape index (κ3) is 1.21. The summed E-state index contributed by atoms with van der Waals surface area (Å²) in [5.74, 6) is 0.829. The fourth-order valence-corrected chi connectivity index (χ4v) is 0.742. The highest BCUT2D eigenvalue weighted by Gasteiger charge is 2.21. The van der Waals surface area contributed by atoms with E-state index >= 15 is 0 Å². The SMILES string of the molecule is CC(C)(CO)c1ccco1. The van der Waals surface area contributed by atoms with Crippen molar-refractivity contribution in [3.05, 3.63) is 24.2 Å². The molecule has 56 valence electrons. The fraction of sp³-hybridized carbons (Fsp3) is 0.500. The molecule has 2 heteroatoms. The van der Waals surface area contributed by atoms with Crippen LogP contribution in [0.2, 0.25) is 0 Å². The summed E-state index contributed by atoms with van der Waals surface area (Å²) in [7, 11) is 0. The number of rotatable bonds is 2. The molecule has 0 saturated carbocycles. The molecule has 0 fully saturated rings. The Labute approximate surface area is 60.5 Å². The van der Waals surface area contributed by atoms with Crippen molar-refractivity contribution in [2.45, 2.75) is 19.3 Å². The summed E-state index contributed by atoms with van der Waals surface area (Å²) < 4.78 is 5.13. The van der Waals surface area contributed by atoms with Crippen LogP contribution in [0.15, 0.2) is 22.8 Å². The molecule has 0 aromatic carbocycles. The lowest BCUT2D eigenvalue weighted by molar-refractivity contribution is 0.197. The smallest absolute Gasteiger partial charge is 0.111 e. The Bertz CT molecular complexity index is 187. The van der Waals surface area contributed by atoms with Crippen molar-refractivity contribution in [2.24, 2.45) is 0 Å². The molecule has 1 aromatic heterocycles. The van der Waals surface area contributed by atoms with Gasteiger partial charge in [-0.25, -0.2) is 0 Å². The Morgan fingerprint density at radius 3 is 2.70 bits per heavy atom. The molecular formula is C8H12O2. The topological polar surface area (TPSA) is 33.4 Å². The van der Waals surface area contributed by atoms with E-state index in [-0.39, 0.29) is 12.0 Å². The van der Waals surface area contributed by atoms with Gasteiger partial charge in [0.1, 0.15) is 5.76 Å². The maximum absolute atomic E-state index is 8.91. The van der Waals surface area contributed by atoms with E-state index in [2.05, 4.69) is 0 Å². The fourth-order valence-electron chi connectivity index (χ4n) is 0.742. The third-order valence-electron chi connectivity index (χ3n) is 1.58. The highest BCUT2D eigenvalue weighted by Crippen LogP contribution is 2.21. The molecule has 2 nitrogen and oxygen atoms in total. The lowest BCUT2D eigenvalue weighted by Gasteiger charge is -2.17. The zero-order valence-corrected chi connectivity index (χ0v) is 6.29. The maximum atomic E-state index is 8.91. The summed E-state index contributed by atoms with van der Waals surface area (Å²) in [6.07, 6.45) is 1.62. The molecule has 0 radical (unpaired) electrons. The van der Waals surface area contributed by atoms with Crippen molar-refractivity contribution in [2.75, 3.05) is 6.61 Å². The van der Waals surface area contributed by atoms with Crippen molar-refractivity contribution in [3.8, 4) is 0 Å². The standard InChI is InChI=1S/C8H12O2/c1-8(2,6-9)7-4-3-5-10-7/h3-5,9H,6H2,1-2H3. The third-order valence-corrected chi connectivity index (χ3v) is 1.58. The van der Waals surface area contributed by atoms with Gasteiger partial charge in [0.2, 0.25) is 0 Å². The van der Waals surface area contributed by atoms with Gasteiger partial charge in [-0.15, -0.1) is 0 Å². The maximum Gasteiger partial charge on any atom is 0.111 e. The van der Waals surface area contributed by atoms with Crippen LogP contribution >= 0.6 is 0 Å². The lowest BCUT2D eigenvalue weighted by Crippen LogP contribution is -2.20. The van der Waals surface area contributed by atoms with Gasteiger partial charge >= 0.3 is 0 Å². The average Bonchev–Trinajstić information content (AvgIpc) is 2.38. The van der Waals surface area contributed by atoms with Crippen LogP contribution in [0.3, 0.4) is 0 Å². The van der Waals surface area contributed by atoms with Crippen LogP contribution in [0.4, 0.5) is 0 Å². The van der Waals surface area contributed by atoms with Gasteiger partial charge in [-0.2, -0.15) is 0 Å². The van der Waals surface area contributed by atoms with Gasteiger partial charge in [0.25, 0.3) is 0 Å². The molecule has 0 aliphatic rings. The van der Waals surface area contributed by atoms with E-state index in [4.69, 9.17) is 9.52 Å². The predicted octanol–water partition coefficient (Wildman–Crippen LogP) is 1.55. The van der Waals surface area contributed by atoms with Gasteiger partial charge in [-0.3, -0.25) is 0 Å². The molecule has 1 heterocycles. The number of hydrogen-bond donors (Lipinski definition) is 1. The monoisotopic (exact) mass is 140 g/mol. The van der Waals surface area contributed by atoms with Crippen LogP contribution in [-0.4, -0.2) is 11.7 Å². The highest BCUT2D eigenvalue weighted by atomic mass is 16.3. The van der Waals surface area contributed by atoms with Gasteiger partial charge in [-0.05, 0) is 12.1 Å². The Morgan fingerprint density at radius 2 is 2.30 bits per heavy atom. The molecule has 0 aliphatic carbocycles. The van der Waals surface area contributed by atoms with Crippen LogP contribution in [0, 0.1) is 0 Å². The van der Waals surface area contributed by atoms with Crippen molar-refractivity contribution in [3.63, 3.8) is 0 Å². The second-order valence-electron chi connectivity index (χ2n) is 3.02. The molecule has 1 N–H and O–H groups in total. The van der Waals surface area contributed by atoms with Crippen LogP contribution in [0.1, 0.15) is 19.6 Å². The summed E-state index contributed by atoms with van der Waals surface area (Å²) in [5, 5.41) is 8.91. The molecule has 0 saturated heterocycles. The van der Waals surface area contributed by atoms with Crippen LogP contribution in [0.25, 0.3) is 0 Å². The summed E-state index contributed by atoms with van der Waals surface area (Å²) >= 11 is 0. The van der Waals surface area contributed by atoms with Crippen LogP contribution in [-0.2, 0) is 5.41 Å². The zero-order valence-electron chi connectivity index (χ0n) is 6.29. The number of aliphatic hydroxyl groups is 1. The Kier molecular flexibility index (Phi) is 1.81. The van der Waals surface area contributed by atoms with Crippen LogP contribution < -0.4 is 0 Å². The van der Waals surface area contributed by atoms with Gasteiger partial charge in [0.05, 0.1) is 12.9 Å². The predicted molar refractivity (Wildman–Crippen MR) is 38.8 cm³/mol. The van der Waals surface area contributed by atoms with E-state index in [1.54, 1.807) is 6.26 Å². The average molecular weight is 140 g/mol. The van der Waals surface area contributed by atoms with E-state index in [9.17, 15) is 0 Å². The molecular weight excluding hydrogens is 128 g/mol. The van der Waals surface area contributed by atoms with Crippen molar-refractivity contribution in [1.29, 1.82) is 0 Å². The first-order chi connectivity index (χ1) is 4.67. The number of furan rings is 1. The minimum Gasteiger partial charge on any atom is -0.469 e. The lowest BCUT2D eigenvalue weighted by atomic mass is 9.92. The molecule has 0 atom stereocenters. The van der Waals surface area contributed by atoms with Gasteiger partial charge in [0.15, 0.2) is 0 Å². The van der Waals surface area contributed by atoms with Gasteiger partial charge < -0.3 is 9.52 Å². The Hall–Kier alpha value is -0.760. The van der Waals surface area contributed by atoms with Crippen LogP contribution in [0.5, 0.6) is 0 Å². The Balaban J connectivity index is 2.85. The summed E-state index contributed by atoms with van der Waals surface area (Å²) in [6, 6.07) is 3.70. The first-order valence-corrected chi connectivity index (χ1v) is 3.31. The molecule has 0 bridgehead atoms. The largest absolute Gasteiger partial charge is 0.469 e. The van der Waals surface area contributed by atoms with Gasteiger partial charge in [-0.1, -0.05) is 13.8 Å². The van der Waals surface area contributed by atoms with E-state index in [1.807, 2.05) is 26.0 Å². The summed E-state index contributed by atoms with van der Waals surface area (Å²) in [4.78, 5) is 0. The molecule has 0 spiro atoms. The van der Waals surface area contributed by atoms with Crippen molar-refractivity contribution in [1.82, 2.24) is 0 Å². The van der Waals surface area contributed by atoms with Crippen molar-refractivity contribution >= 4 is 0 Å². The quantitative estimate of drug-likeness (QED) is 0.676. The van der Waals surface area contributed by atoms with Crippen molar-refractivity contribution < 1.29 is 9.52 Å². The minimum absolute atomic E-state index is 0.112. The first kappa shape index (κ1) is 7.35. The minimum atomic E-state index is -0.247. The normalized spacial score (nSPS) is 11.9. The highest BCUT2D eigenvalue weighted by molar-refractivity contribution is 5.10. The van der Waals surface area contributed by atoms with E-state index in [1.165, 1.54) is 0 Å². The molecule has 1 aromatic rings. The molecule has 10 heavy (non-hydrogen) atoms. The Morgan fingerprint density at radius 1 is 1.60 bits per heavy atom. The number of aliphatic hydroxyl groups excluding tert-OH is 1. The van der Waals surface area contributed by atoms with E-state index < -0.39 is 0 Å². The van der Waals surface area contributed by atoms with Gasteiger partial charge in [0, 0.05) is 5.41 Å². The molecule has 0 unspecified atom stereocenters. The van der Waals surface area contributed by atoms with E-state index in [0.717, 1.165) is 5.76 Å². The number of hydrogen-bond acceptors (Lipinski definition) is 2. The summed E-state index contributed by atoms with van der Waals surface area (Å²) in [6.45, 7) is 3.98. The van der Waals surface area contributed by atoms with E-state index in [0.29, 0.717) is 0 Å².